The maximum absolute atomic E-state index is 13.0. The third-order valence-corrected chi connectivity index (χ3v) is 5.95. The third-order valence-electron chi connectivity index (χ3n) is 5.95. The Labute approximate surface area is 160 Å². The maximum atomic E-state index is 13.0. The van der Waals surface area contributed by atoms with Crippen LogP contribution in [0.3, 0.4) is 0 Å². The molecule has 2 aromatic rings. The average molecular weight is 368 g/mol. The summed E-state index contributed by atoms with van der Waals surface area (Å²) in [5.41, 5.74) is 3.76. The van der Waals surface area contributed by atoms with Crippen LogP contribution in [-0.4, -0.2) is 61.8 Å². The number of rotatable bonds is 3. The number of likely N-dealkylation sites (tertiary alicyclic amines) is 1. The lowest BCUT2D eigenvalue weighted by atomic mass is 9.78. The van der Waals surface area contributed by atoms with Gasteiger partial charge in [0.2, 0.25) is 0 Å². The molecule has 0 radical (unpaired) electrons. The second-order valence-corrected chi connectivity index (χ2v) is 7.73. The number of nitrogens with one attached hydrogen (secondary N) is 1. The van der Waals surface area contributed by atoms with E-state index in [4.69, 9.17) is 4.98 Å². The predicted molar refractivity (Wildman–Crippen MR) is 102 cm³/mol. The summed E-state index contributed by atoms with van der Waals surface area (Å²) in [7, 11) is 0. The van der Waals surface area contributed by atoms with Crippen molar-refractivity contribution in [2.75, 3.05) is 26.2 Å². The fourth-order valence-corrected chi connectivity index (χ4v) is 4.74. The lowest BCUT2D eigenvalue weighted by Crippen LogP contribution is -2.57. The van der Waals surface area contributed by atoms with Crippen molar-refractivity contribution in [2.24, 2.45) is 0 Å². The van der Waals surface area contributed by atoms with Crippen LogP contribution in [0.1, 0.15) is 59.6 Å². The molecule has 1 fully saturated rings. The molecule has 7 nitrogen and oxygen atoms in total. The average Bonchev–Trinajstić information content (AvgIpc) is 3.13. The number of H-pyrrole nitrogens is 1. The van der Waals surface area contributed by atoms with Crippen LogP contribution in [0.5, 0.6) is 0 Å². The number of carbonyl (C=O) groups excluding carboxylic acids is 1. The summed E-state index contributed by atoms with van der Waals surface area (Å²) in [5, 5.41) is 0. The Kier molecular flexibility index (Phi) is 4.72. The second-order valence-electron chi connectivity index (χ2n) is 7.73. The number of aromatic amines is 1. The quantitative estimate of drug-likeness (QED) is 0.899. The molecule has 1 saturated heterocycles. The van der Waals surface area contributed by atoms with Gasteiger partial charge in [0.1, 0.15) is 11.5 Å². The number of piperidine rings is 1. The van der Waals surface area contributed by atoms with E-state index in [1.165, 1.54) is 11.4 Å². The highest BCUT2D eigenvalue weighted by molar-refractivity contribution is 5.92. The summed E-state index contributed by atoms with van der Waals surface area (Å²) in [5.74, 6) is 0.660. The van der Waals surface area contributed by atoms with Crippen molar-refractivity contribution in [1.82, 2.24) is 29.7 Å². The highest BCUT2D eigenvalue weighted by Crippen LogP contribution is 2.42. The molecule has 1 spiro atoms. The first kappa shape index (κ1) is 18.1. The van der Waals surface area contributed by atoms with Crippen molar-refractivity contribution in [3.63, 3.8) is 0 Å². The van der Waals surface area contributed by atoms with Crippen LogP contribution in [0.15, 0.2) is 12.4 Å². The minimum absolute atomic E-state index is 0.0125. The molecule has 2 aliphatic heterocycles. The molecule has 4 heterocycles. The number of carbonyl (C=O) groups is 1. The van der Waals surface area contributed by atoms with Gasteiger partial charge in [0.15, 0.2) is 0 Å². The molecular weight excluding hydrogens is 340 g/mol. The van der Waals surface area contributed by atoms with E-state index in [9.17, 15) is 4.79 Å². The standard InChI is InChI=1S/C20H28N6O/c1-4-8-26-9-5-16-18(22-13-21-16)20(26)6-10-25(11-7-20)19(27)17-12-14(2)23-15(3)24-17/h12-13H,4-11H2,1-3H3,(H,21,22). The number of aryl methyl sites for hydroxylation is 2. The lowest BCUT2D eigenvalue weighted by Gasteiger charge is -2.50. The lowest BCUT2D eigenvalue weighted by molar-refractivity contribution is 0.00688. The Morgan fingerprint density at radius 1 is 1.22 bits per heavy atom. The summed E-state index contributed by atoms with van der Waals surface area (Å²) < 4.78 is 0. The van der Waals surface area contributed by atoms with E-state index in [0.29, 0.717) is 11.5 Å². The van der Waals surface area contributed by atoms with Crippen molar-refractivity contribution in [2.45, 2.75) is 52.0 Å². The summed E-state index contributed by atoms with van der Waals surface area (Å²) in [6.07, 6.45) is 5.81. The van der Waals surface area contributed by atoms with Gasteiger partial charge in [-0.1, -0.05) is 6.92 Å². The van der Waals surface area contributed by atoms with Gasteiger partial charge in [-0.05, 0) is 45.7 Å². The van der Waals surface area contributed by atoms with Gasteiger partial charge in [0.25, 0.3) is 5.91 Å². The van der Waals surface area contributed by atoms with E-state index in [1.54, 1.807) is 6.07 Å². The van der Waals surface area contributed by atoms with E-state index in [0.717, 1.165) is 57.6 Å². The van der Waals surface area contributed by atoms with Crippen LogP contribution in [0.25, 0.3) is 0 Å². The van der Waals surface area contributed by atoms with Crippen LogP contribution in [0, 0.1) is 13.8 Å². The van der Waals surface area contributed by atoms with Crippen molar-refractivity contribution >= 4 is 5.91 Å². The number of hydrogen-bond acceptors (Lipinski definition) is 5. The number of hydrogen-bond donors (Lipinski definition) is 1. The fraction of sp³-hybridized carbons (Fsp3) is 0.600. The van der Waals surface area contributed by atoms with Gasteiger partial charge in [0, 0.05) is 37.4 Å². The topological polar surface area (TPSA) is 78.0 Å². The van der Waals surface area contributed by atoms with Gasteiger partial charge in [-0.3, -0.25) is 9.69 Å². The van der Waals surface area contributed by atoms with Crippen LogP contribution in [-0.2, 0) is 12.0 Å². The zero-order valence-electron chi connectivity index (χ0n) is 16.5. The zero-order chi connectivity index (χ0) is 19.0. The van der Waals surface area contributed by atoms with Crippen LogP contribution in [0.4, 0.5) is 0 Å². The van der Waals surface area contributed by atoms with Crippen molar-refractivity contribution in [3.8, 4) is 0 Å². The van der Waals surface area contributed by atoms with Crippen molar-refractivity contribution in [1.29, 1.82) is 0 Å². The monoisotopic (exact) mass is 368 g/mol. The molecule has 1 amide bonds. The Balaban J connectivity index is 1.56. The molecule has 2 aliphatic rings. The molecule has 4 rings (SSSR count). The molecular formula is C20H28N6O. The molecule has 27 heavy (non-hydrogen) atoms. The first-order valence-corrected chi connectivity index (χ1v) is 9.93. The van der Waals surface area contributed by atoms with Crippen LogP contribution < -0.4 is 0 Å². The van der Waals surface area contributed by atoms with Crippen LogP contribution >= 0.6 is 0 Å². The third kappa shape index (κ3) is 3.14. The Bertz CT molecular complexity index is 816. The van der Waals surface area contributed by atoms with Crippen LogP contribution in [0.2, 0.25) is 0 Å². The molecule has 7 heteroatoms. The van der Waals surface area contributed by atoms with E-state index in [1.807, 2.05) is 25.1 Å². The van der Waals surface area contributed by atoms with E-state index in [2.05, 4.69) is 26.8 Å². The molecule has 144 valence electrons. The Morgan fingerprint density at radius 3 is 2.70 bits per heavy atom. The van der Waals surface area contributed by atoms with Gasteiger partial charge < -0.3 is 9.88 Å². The normalized spacial score (nSPS) is 19.3. The molecule has 0 aliphatic carbocycles. The zero-order valence-corrected chi connectivity index (χ0v) is 16.5. The van der Waals surface area contributed by atoms with Gasteiger partial charge in [-0.25, -0.2) is 15.0 Å². The smallest absolute Gasteiger partial charge is 0.272 e. The SMILES string of the molecule is CCCN1CCc2[nH]cnc2C12CCN(C(=O)c1cc(C)nc(C)n1)CC2. The molecule has 1 N–H and O–H groups in total. The first-order valence-electron chi connectivity index (χ1n) is 9.93. The molecule has 0 bridgehead atoms. The van der Waals surface area contributed by atoms with Gasteiger partial charge in [-0.2, -0.15) is 0 Å². The fourth-order valence-electron chi connectivity index (χ4n) is 4.74. The van der Waals surface area contributed by atoms with Crippen molar-refractivity contribution in [3.05, 3.63) is 41.0 Å². The Hall–Kier alpha value is -2.28. The maximum Gasteiger partial charge on any atom is 0.272 e. The van der Waals surface area contributed by atoms with E-state index in [-0.39, 0.29) is 11.4 Å². The molecule has 2 aromatic heterocycles. The second kappa shape index (κ2) is 7.03. The number of nitrogens with zero attached hydrogens (tertiary/aromatic N) is 5. The predicted octanol–water partition coefficient (Wildman–Crippen LogP) is 2.22. The highest BCUT2D eigenvalue weighted by Gasteiger charge is 2.46. The summed E-state index contributed by atoms with van der Waals surface area (Å²) in [6, 6.07) is 1.79. The minimum atomic E-state index is -0.0438. The van der Waals surface area contributed by atoms with E-state index >= 15 is 0 Å². The molecule has 0 atom stereocenters. The van der Waals surface area contributed by atoms with Gasteiger partial charge in [-0.15, -0.1) is 0 Å². The number of fused-ring (bicyclic) bond motifs is 2. The van der Waals surface area contributed by atoms with E-state index < -0.39 is 0 Å². The van der Waals surface area contributed by atoms with Crippen molar-refractivity contribution < 1.29 is 4.79 Å². The van der Waals surface area contributed by atoms with Gasteiger partial charge in [0.05, 0.1) is 17.6 Å². The summed E-state index contributed by atoms with van der Waals surface area (Å²) in [4.78, 5) is 34.2. The number of amides is 1. The largest absolute Gasteiger partial charge is 0.348 e. The summed E-state index contributed by atoms with van der Waals surface area (Å²) >= 11 is 0. The molecule has 0 unspecified atom stereocenters. The number of imidazole rings is 1. The molecule has 0 saturated carbocycles. The highest BCUT2D eigenvalue weighted by atomic mass is 16.2. The Morgan fingerprint density at radius 2 is 2.00 bits per heavy atom. The minimum Gasteiger partial charge on any atom is -0.348 e. The van der Waals surface area contributed by atoms with Gasteiger partial charge >= 0.3 is 0 Å². The number of aromatic nitrogens is 4. The first-order chi connectivity index (χ1) is 13.0. The molecule has 0 aromatic carbocycles. The summed E-state index contributed by atoms with van der Waals surface area (Å²) in [6.45, 7) is 9.55.